The van der Waals surface area contributed by atoms with Gasteiger partial charge in [0, 0.05) is 28.8 Å². The van der Waals surface area contributed by atoms with E-state index >= 15 is 0 Å². The topological polar surface area (TPSA) is 92.6 Å². The Hall–Kier alpha value is -3.36. The second kappa shape index (κ2) is 11.5. The largest absolute Gasteiger partial charge is 0.494 e. The van der Waals surface area contributed by atoms with Crippen LogP contribution in [0.3, 0.4) is 0 Å². The Morgan fingerprint density at radius 1 is 1.06 bits per heavy atom. The van der Waals surface area contributed by atoms with E-state index in [0.29, 0.717) is 34.3 Å². The van der Waals surface area contributed by atoms with Gasteiger partial charge in [0.1, 0.15) is 11.5 Å². The summed E-state index contributed by atoms with van der Waals surface area (Å²) < 4.78 is 11.0. The molecule has 0 aliphatic rings. The number of rotatable bonds is 8. The van der Waals surface area contributed by atoms with Gasteiger partial charge in [-0.3, -0.25) is 14.9 Å². The minimum atomic E-state index is -0.487. The average molecular weight is 486 g/mol. The standard InChI is InChI=1S/C24H24ClN3O4S/c1-3-4-5-22(29)27-18-11-10-17(14-21(18)31-2)26-24(33)28-23(30)20-13-12-19(32-20)15-6-8-16(25)9-7-15/h6-14H,3-5H2,1-2H3,(H,27,29)(H2,26,28,30,33). The number of ether oxygens (including phenoxy) is 1. The number of unbranched alkanes of at least 4 members (excludes halogenated alkanes) is 1. The smallest absolute Gasteiger partial charge is 0.293 e. The molecule has 0 radical (unpaired) electrons. The molecule has 1 heterocycles. The third-order valence-corrected chi connectivity index (χ3v) is 5.13. The molecule has 0 fully saturated rings. The fourth-order valence-corrected chi connectivity index (χ4v) is 3.32. The molecule has 0 aliphatic carbocycles. The number of hydrogen-bond acceptors (Lipinski definition) is 5. The summed E-state index contributed by atoms with van der Waals surface area (Å²) in [5.41, 5.74) is 1.95. The number of thiocarbonyl (C=S) groups is 1. The van der Waals surface area contributed by atoms with E-state index < -0.39 is 5.91 Å². The van der Waals surface area contributed by atoms with Crippen molar-refractivity contribution >= 4 is 52.1 Å². The average Bonchev–Trinajstić information content (AvgIpc) is 3.29. The molecule has 3 rings (SSSR count). The fraction of sp³-hybridized carbons (Fsp3) is 0.208. The van der Waals surface area contributed by atoms with E-state index in [0.717, 1.165) is 18.4 Å². The number of benzene rings is 2. The number of amides is 2. The highest BCUT2D eigenvalue weighted by Gasteiger charge is 2.15. The Kier molecular flexibility index (Phi) is 8.46. The molecule has 0 spiro atoms. The third kappa shape index (κ3) is 6.81. The van der Waals surface area contributed by atoms with Gasteiger partial charge < -0.3 is 19.8 Å². The van der Waals surface area contributed by atoms with E-state index in [-0.39, 0.29) is 16.8 Å². The van der Waals surface area contributed by atoms with Crippen LogP contribution >= 0.6 is 23.8 Å². The zero-order chi connectivity index (χ0) is 23.8. The van der Waals surface area contributed by atoms with E-state index in [1.54, 1.807) is 54.6 Å². The summed E-state index contributed by atoms with van der Waals surface area (Å²) in [5.74, 6) is 0.566. The van der Waals surface area contributed by atoms with Crippen molar-refractivity contribution in [1.29, 1.82) is 0 Å². The number of halogens is 1. The first-order valence-corrected chi connectivity index (χ1v) is 11.1. The maximum absolute atomic E-state index is 12.5. The predicted octanol–water partition coefficient (Wildman–Crippen LogP) is 5.86. The van der Waals surface area contributed by atoms with E-state index in [9.17, 15) is 9.59 Å². The van der Waals surface area contributed by atoms with Gasteiger partial charge in [-0.2, -0.15) is 0 Å². The Bertz CT molecular complexity index is 1140. The van der Waals surface area contributed by atoms with Gasteiger partial charge in [-0.1, -0.05) is 24.9 Å². The van der Waals surface area contributed by atoms with E-state index in [2.05, 4.69) is 16.0 Å². The molecule has 0 unspecified atom stereocenters. The molecule has 9 heteroatoms. The van der Waals surface area contributed by atoms with Gasteiger partial charge in [0.15, 0.2) is 10.9 Å². The monoisotopic (exact) mass is 485 g/mol. The Labute approximate surface area is 202 Å². The lowest BCUT2D eigenvalue weighted by Crippen LogP contribution is -2.33. The summed E-state index contributed by atoms with van der Waals surface area (Å²) in [7, 11) is 1.51. The number of nitrogens with one attached hydrogen (secondary N) is 3. The minimum absolute atomic E-state index is 0.0740. The van der Waals surface area contributed by atoms with Crippen LogP contribution in [0.1, 0.15) is 36.7 Å². The molecule has 172 valence electrons. The van der Waals surface area contributed by atoms with Gasteiger partial charge in [-0.25, -0.2) is 0 Å². The summed E-state index contributed by atoms with van der Waals surface area (Å²) in [4.78, 5) is 24.5. The lowest BCUT2D eigenvalue weighted by Gasteiger charge is -2.13. The Morgan fingerprint density at radius 2 is 1.82 bits per heavy atom. The fourth-order valence-electron chi connectivity index (χ4n) is 2.98. The predicted molar refractivity (Wildman–Crippen MR) is 134 cm³/mol. The van der Waals surface area contributed by atoms with Crippen LogP contribution in [0.25, 0.3) is 11.3 Å². The number of anilines is 2. The first-order valence-electron chi connectivity index (χ1n) is 10.4. The molecule has 33 heavy (non-hydrogen) atoms. The summed E-state index contributed by atoms with van der Waals surface area (Å²) in [6.07, 6.45) is 2.21. The molecular formula is C24H24ClN3O4S. The highest BCUT2D eigenvalue weighted by molar-refractivity contribution is 7.80. The highest BCUT2D eigenvalue weighted by Crippen LogP contribution is 2.28. The quantitative estimate of drug-likeness (QED) is 0.346. The molecule has 0 aliphatic heterocycles. The summed E-state index contributed by atoms with van der Waals surface area (Å²) in [6, 6.07) is 15.5. The van der Waals surface area contributed by atoms with Gasteiger partial charge in [0.05, 0.1) is 12.8 Å². The zero-order valence-corrected chi connectivity index (χ0v) is 19.8. The maximum atomic E-state index is 12.5. The van der Waals surface area contributed by atoms with Gasteiger partial charge in [-0.15, -0.1) is 0 Å². The van der Waals surface area contributed by atoms with Crippen molar-refractivity contribution in [2.45, 2.75) is 26.2 Å². The van der Waals surface area contributed by atoms with Crippen LogP contribution in [-0.2, 0) is 4.79 Å². The Balaban J connectivity index is 1.60. The van der Waals surface area contributed by atoms with Gasteiger partial charge in [0.25, 0.3) is 5.91 Å². The van der Waals surface area contributed by atoms with E-state index in [1.807, 2.05) is 6.92 Å². The lowest BCUT2D eigenvalue weighted by atomic mass is 10.2. The highest BCUT2D eigenvalue weighted by atomic mass is 35.5. The number of carbonyl (C=O) groups is 2. The first kappa shape index (κ1) is 24.3. The molecule has 0 saturated carbocycles. The second-order valence-corrected chi connectivity index (χ2v) is 7.99. The van der Waals surface area contributed by atoms with Crippen LogP contribution < -0.4 is 20.7 Å². The van der Waals surface area contributed by atoms with Crippen molar-refractivity contribution in [3.05, 3.63) is 65.4 Å². The minimum Gasteiger partial charge on any atom is -0.494 e. The Morgan fingerprint density at radius 3 is 2.52 bits per heavy atom. The second-order valence-electron chi connectivity index (χ2n) is 7.15. The van der Waals surface area contributed by atoms with E-state index in [4.69, 9.17) is 33.0 Å². The van der Waals surface area contributed by atoms with Gasteiger partial charge in [0.2, 0.25) is 5.91 Å². The zero-order valence-electron chi connectivity index (χ0n) is 18.2. The molecule has 0 bridgehead atoms. The molecule has 3 aromatic rings. The van der Waals surface area contributed by atoms with Crippen LogP contribution in [-0.4, -0.2) is 24.0 Å². The van der Waals surface area contributed by atoms with Crippen LogP contribution in [0, 0.1) is 0 Å². The number of carbonyl (C=O) groups excluding carboxylic acids is 2. The summed E-state index contributed by atoms with van der Waals surface area (Å²) in [5, 5.41) is 9.05. The van der Waals surface area contributed by atoms with Crippen LogP contribution in [0.15, 0.2) is 59.0 Å². The maximum Gasteiger partial charge on any atom is 0.293 e. The van der Waals surface area contributed by atoms with Gasteiger partial charge in [-0.05, 0) is 67.2 Å². The summed E-state index contributed by atoms with van der Waals surface area (Å²) >= 11 is 11.2. The van der Waals surface area contributed by atoms with E-state index in [1.165, 1.54) is 7.11 Å². The van der Waals surface area contributed by atoms with Crippen molar-refractivity contribution < 1.29 is 18.7 Å². The van der Waals surface area contributed by atoms with Crippen LogP contribution in [0.5, 0.6) is 5.75 Å². The third-order valence-electron chi connectivity index (χ3n) is 4.68. The molecular weight excluding hydrogens is 462 g/mol. The van der Waals surface area contributed by atoms with Crippen LogP contribution in [0.2, 0.25) is 5.02 Å². The lowest BCUT2D eigenvalue weighted by molar-refractivity contribution is -0.116. The summed E-state index contributed by atoms with van der Waals surface area (Å²) in [6.45, 7) is 2.03. The van der Waals surface area contributed by atoms with Crippen molar-refractivity contribution in [3.63, 3.8) is 0 Å². The molecule has 0 atom stereocenters. The van der Waals surface area contributed by atoms with Crippen molar-refractivity contribution in [2.75, 3.05) is 17.7 Å². The molecule has 2 amide bonds. The number of methoxy groups -OCH3 is 1. The molecule has 1 aromatic heterocycles. The molecule has 2 aromatic carbocycles. The van der Waals surface area contributed by atoms with Crippen molar-refractivity contribution in [3.8, 4) is 17.1 Å². The van der Waals surface area contributed by atoms with Crippen LogP contribution in [0.4, 0.5) is 11.4 Å². The molecule has 7 nitrogen and oxygen atoms in total. The van der Waals surface area contributed by atoms with Crippen molar-refractivity contribution in [1.82, 2.24) is 5.32 Å². The molecule has 0 saturated heterocycles. The number of furan rings is 1. The number of hydrogen-bond donors (Lipinski definition) is 3. The molecule has 3 N–H and O–H groups in total. The SMILES string of the molecule is CCCCC(=O)Nc1ccc(NC(=S)NC(=O)c2ccc(-c3ccc(Cl)cc3)o2)cc1OC. The normalized spacial score (nSPS) is 10.4. The van der Waals surface area contributed by atoms with Gasteiger partial charge >= 0.3 is 0 Å². The first-order chi connectivity index (χ1) is 15.9. The van der Waals surface area contributed by atoms with Crippen molar-refractivity contribution in [2.24, 2.45) is 0 Å².